The number of Topliss-reactive ketones (excluding diaryl/α,β-unsaturated/α-hetero) is 2. The van der Waals surface area contributed by atoms with Gasteiger partial charge in [0, 0.05) is 23.3 Å². The number of unbranched alkanes of at least 4 members (excludes halogenated alkanes) is 1. The molecule has 6 heteroatoms. The Labute approximate surface area is 209 Å². The van der Waals surface area contributed by atoms with Gasteiger partial charge in [0.05, 0.1) is 13.2 Å². The van der Waals surface area contributed by atoms with Crippen LogP contribution in [-0.4, -0.2) is 36.3 Å². The summed E-state index contributed by atoms with van der Waals surface area (Å²) in [6.45, 7) is 0.761. The molecule has 0 heterocycles. The van der Waals surface area contributed by atoms with Gasteiger partial charge in [0.15, 0.2) is 23.1 Å². The van der Waals surface area contributed by atoms with E-state index in [1.807, 2.05) is 12.1 Å². The van der Waals surface area contributed by atoms with E-state index in [2.05, 4.69) is 0 Å². The molecular formula is C30H26O6. The molecule has 4 rings (SSSR count). The van der Waals surface area contributed by atoms with Gasteiger partial charge in [-0.15, -0.1) is 0 Å². The van der Waals surface area contributed by atoms with Crippen molar-refractivity contribution in [3.8, 4) is 0 Å². The van der Waals surface area contributed by atoms with Crippen LogP contribution in [0.2, 0.25) is 0 Å². The smallest absolute Gasteiger partial charge is 0.177 e. The van der Waals surface area contributed by atoms with Gasteiger partial charge in [0.2, 0.25) is 0 Å². The van der Waals surface area contributed by atoms with Crippen molar-refractivity contribution >= 4 is 23.1 Å². The Morgan fingerprint density at radius 3 is 1.36 bits per heavy atom. The Hall–Kier alpha value is -4.32. The zero-order valence-corrected chi connectivity index (χ0v) is 19.7. The van der Waals surface area contributed by atoms with Gasteiger partial charge in [-0.1, -0.05) is 72.8 Å². The molecule has 2 aromatic carbocycles. The Morgan fingerprint density at radius 1 is 0.611 bits per heavy atom. The lowest BCUT2D eigenvalue weighted by molar-refractivity contribution is -0.117. The Bertz CT molecular complexity index is 1150. The molecule has 2 aliphatic rings. The number of carbonyl (C=O) groups is 4. The van der Waals surface area contributed by atoms with Crippen molar-refractivity contribution in [2.75, 3.05) is 13.2 Å². The third-order valence-electron chi connectivity index (χ3n) is 5.85. The molecule has 0 radical (unpaired) electrons. The monoisotopic (exact) mass is 482 g/mol. The zero-order chi connectivity index (χ0) is 25.3. The maximum atomic E-state index is 12.5. The molecule has 2 atom stereocenters. The Balaban J connectivity index is 1.15. The largest absolute Gasteiger partial charge is 0.493 e. The molecule has 2 unspecified atom stereocenters. The zero-order valence-electron chi connectivity index (χ0n) is 19.7. The second kappa shape index (κ2) is 11.9. The lowest BCUT2D eigenvalue weighted by Crippen LogP contribution is -2.23. The lowest BCUT2D eigenvalue weighted by Gasteiger charge is -2.16. The number of allylic oxidation sites excluding steroid dienone is 6. The third-order valence-corrected chi connectivity index (χ3v) is 5.85. The molecule has 0 spiro atoms. The molecular weight excluding hydrogens is 456 g/mol. The average molecular weight is 483 g/mol. The first-order valence-corrected chi connectivity index (χ1v) is 11.8. The molecule has 6 nitrogen and oxygen atoms in total. The summed E-state index contributed by atoms with van der Waals surface area (Å²) >= 11 is 0. The van der Waals surface area contributed by atoms with E-state index in [9.17, 15) is 19.2 Å². The van der Waals surface area contributed by atoms with Crippen LogP contribution in [0.1, 0.15) is 33.6 Å². The fourth-order valence-corrected chi connectivity index (χ4v) is 3.89. The molecule has 2 aliphatic carbocycles. The predicted octanol–water partition coefficient (Wildman–Crippen LogP) is 4.84. The first-order valence-electron chi connectivity index (χ1n) is 11.8. The van der Waals surface area contributed by atoms with Crippen molar-refractivity contribution in [2.24, 2.45) is 11.8 Å². The molecule has 0 fully saturated rings. The van der Waals surface area contributed by atoms with Crippen molar-refractivity contribution in [2.45, 2.75) is 12.8 Å². The van der Waals surface area contributed by atoms with E-state index in [0.717, 1.165) is 0 Å². The SMILES string of the molecule is O=C1C=C(OCCCCOC2=CC(=O)C(C(=O)c3ccccc3)C=C2)C=CC1C(=O)c1ccccc1. The van der Waals surface area contributed by atoms with Crippen LogP contribution in [0.5, 0.6) is 0 Å². The van der Waals surface area contributed by atoms with Crippen LogP contribution in [0.15, 0.2) is 109 Å². The van der Waals surface area contributed by atoms with Gasteiger partial charge in [0.25, 0.3) is 0 Å². The van der Waals surface area contributed by atoms with Crippen LogP contribution in [0.25, 0.3) is 0 Å². The molecule has 0 saturated carbocycles. The van der Waals surface area contributed by atoms with E-state index in [4.69, 9.17) is 9.47 Å². The Kier molecular flexibility index (Phi) is 8.19. The highest BCUT2D eigenvalue weighted by Crippen LogP contribution is 2.21. The lowest BCUT2D eigenvalue weighted by atomic mass is 9.90. The van der Waals surface area contributed by atoms with Gasteiger partial charge < -0.3 is 9.47 Å². The van der Waals surface area contributed by atoms with Gasteiger partial charge in [-0.25, -0.2) is 0 Å². The van der Waals surface area contributed by atoms with Crippen molar-refractivity contribution in [3.05, 3.63) is 120 Å². The van der Waals surface area contributed by atoms with E-state index >= 15 is 0 Å². The van der Waals surface area contributed by atoms with Crippen molar-refractivity contribution in [3.63, 3.8) is 0 Å². The maximum absolute atomic E-state index is 12.5. The van der Waals surface area contributed by atoms with Crippen molar-refractivity contribution in [1.29, 1.82) is 0 Å². The van der Waals surface area contributed by atoms with Crippen LogP contribution in [0, 0.1) is 11.8 Å². The summed E-state index contributed by atoms with van der Waals surface area (Å²) < 4.78 is 11.3. The van der Waals surface area contributed by atoms with Gasteiger partial charge in [-0.2, -0.15) is 0 Å². The number of hydrogen-bond donors (Lipinski definition) is 0. The molecule has 0 bridgehead atoms. The van der Waals surface area contributed by atoms with Gasteiger partial charge in [0.1, 0.15) is 23.4 Å². The first-order chi connectivity index (χ1) is 17.5. The van der Waals surface area contributed by atoms with Crippen LogP contribution in [0.4, 0.5) is 0 Å². The fraction of sp³-hybridized carbons (Fsp3) is 0.200. The normalized spacial score (nSPS) is 18.9. The summed E-state index contributed by atoms with van der Waals surface area (Å²) in [5.41, 5.74) is 1.00. The molecule has 0 aromatic heterocycles. The second-order valence-corrected chi connectivity index (χ2v) is 8.44. The van der Waals surface area contributed by atoms with Crippen molar-refractivity contribution in [1.82, 2.24) is 0 Å². The van der Waals surface area contributed by atoms with Crippen LogP contribution < -0.4 is 0 Å². The van der Waals surface area contributed by atoms with Gasteiger partial charge in [-0.3, -0.25) is 19.2 Å². The van der Waals surface area contributed by atoms with Crippen LogP contribution in [0.3, 0.4) is 0 Å². The van der Waals surface area contributed by atoms with Gasteiger partial charge >= 0.3 is 0 Å². The molecule has 36 heavy (non-hydrogen) atoms. The number of benzene rings is 2. The summed E-state index contributed by atoms with van der Waals surface area (Å²) in [6.07, 6.45) is 10.5. The molecule has 0 aliphatic heterocycles. The third kappa shape index (κ3) is 6.21. The van der Waals surface area contributed by atoms with E-state index in [1.54, 1.807) is 72.8 Å². The predicted molar refractivity (Wildman–Crippen MR) is 134 cm³/mol. The standard InChI is InChI=1S/C30H26O6/c31-27-19-23(13-15-25(27)29(33)21-9-3-1-4-10-21)35-17-7-8-18-36-24-14-16-26(28(32)20-24)30(34)22-11-5-2-6-12-22/h1-6,9-16,19-20,25-26H,7-8,17-18H2. The van der Waals surface area contributed by atoms with E-state index in [1.165, 1.54) is 12.2 Å². The second-order valence-electron chi connectivity index (χ2n) is 8.44. The minimum absolute atomic E-state index is 0.232. The number of ketones is 4. The quantitative estimate of drug-likeness (QED) is 0.259. The highest BCUT2D eigenvalue weighted by atomic mass is 16.5. The number of rotatable bonds is 11. The maximum Gasteiger partial charge on any atom is 0.177 e. The Morgan fingerprint density at radius 2 is 1.00 bits per heavy atom. The molecule has 0 amide bonds. The number of hydrogen-bond acceptors (Lipinski definition) is 6. The highest BCUT2D eigenvalue weighted by Gasteiger charge is 2.27. The van der Waals surface area contributed by atoms with Crippen LogP contribution in [-0.2, 0) is 19.1 Å². The fourth-order valence-electron chi connectivity index (χ4n) is 3.89. The molecule has 2 aromatic rings. The molecule has 0 N–H and O–H groups in total. The molecule has 182 valence electrons. The summed E-state index contributed by atoms with van der Waals surface area (Å²) in [5.74, 6) is -1.85. The van der Waals surface area contributed by atoms with Gasteiger partial charge in [-0.05, 0) is 25.0 Å². The number of carbonyl (C=O) groups excluding carboxylic acids is 4. The minimum Gasteiger partial charge on any atom is -0.493 e. The topological polar surface area (TPSA) is 86.7 Å². The van der Waals surface area contributed by atoms with Crippen LogP contribution >= 0.6 is 0 Å². The van der Waals surface area contributed by atoms with Crippen molar-refractivity contribution < 1.29 is 28.7 Å². The highest BCUT2D eigenvalue weighted by molar-refractivity contribution is 6.16. The van der Waals surface area contributed by atoms with E-state index < -0.39 is 11.8 Å². The van der Waals surface area contributed by atoms with E-state index in [-0.39, 0.29) is 23.1 Å². The summed E-state index contributed by atoms with van der Waals surface area (Å²) in [4.78, 5) is 49.8. The van der Waals surface area contributed by atoms with E-state index in [0.29, 0.717) is 48.7 Å². The summed E-state index contributed by atoms with van der Waals surface area (Å²) in [5, 5.41) is 0. The summed E-state index contributed by atoms with van der Waals surface area (Å²) in [6, 6.07) is 17.5. The minimum atomic E-state index is -0.824. The average Bonchev–Trinajstić information content (AvgIpc) is 2.91. The summed E-state index contributed by atoms with van der Waals surface area (Å²) in [7, 11) is 0. The first kappa shape index (κ1) is 24.8. The molecule has 0 saturated heterocycles. The number of ether oxygens (including phenoxy) is 2.